The highest BCUT2D eigenvalue weighted by Gasteiger charge is 1.96. The van der Waals surface area contributed by atoms with E-state index in [9.17, 15) is 0 Å². The molecule has 0 N–H and O–H groups in total. The Morgan fingerprint density at radius 3 is 1.38 bits per heavy atom. The van der Waals surface area contributed by atoms with Gasteiger partial charge in [-0.1, -0.05) is 72.4 Å². The van der Waals surface area contributed by atoms with Gasteiger partial charge in [0.25, 0.3) is 0 Å². The quantitative estimate of drug-likeness (QED) is 0.746. The molecule has 0 unspecified atom stereocenters. The van der Waals surface area contributed by atoms with Gasteiger partial charge in [-0.3, -0.25) is 0 Å². The first kappa shape index (κ1) is 24.5. The third kappa shape index (κ3) is 6.66. The van der Waals surface area contributed by atoms with Crippen molar-refractivity contribution in [2.75, 3.05) is 0 Å². The Labute approximate surface area is 132 Å². The van der Waals surface area contributed by atoms with Crippen molar-refractivity contribution < 1.29 is 0 Å². The first-order chi connectivity index (χ1) is 10.2. The summed E-state index contributed by atoms with van der Waals surface area (Å²) in [5.74, 6) is 0. The van der Waals surface area contributed by atoms with Gasteiger partial charge < -0.3 is 4.57 Å². The van der Waals surface area contributed by atoms with Crippen molar-refractivity contribution >= 4 is 24.3 Å². The maximum atomic E-state index is 3.76. The molecule has 1 heteroatoms. The van der Waals surface area contributed by atoms with Gasteiger partial charge in [0.1, 0.15) is 0 Å². The minimum Gasteiger partial charge on any atom is -0.344 e. The molecule has 0 aliphatic rings. The number of hydrogen-bond donors (Lipinski definition) is 0. The fourth-order valence-electron chi connectivity index (χ4n) is 2.04. The van der Waals surface area contributed by atoms with Crippen molar-refractivity contribution in [1.29, 1.82) is 0 Å². The van der Waals surface area contributed by atoms with E-state index in [1.54, 1.807) is 0 Å². The van der Waals surface area contributed by atoms with Crippen molar-refractivity contribution in [1.82, 2.24) is 4.57 Å². The lowest BCUT2D eigenvalue weighted by Gasteiger charge is -1.91. The van der Waals surface area contributed by atoms with Crippen LogP contribution in [-0.2, 0) is 7.05 Å². The van der Waals surface area contributed by atoms with Gasteiger partial charge in [-0.15, -0.1) is 0 Å². The maximum Gasteiger partial charge on any atom is 0.0484 e. The van der Waals surface area contributed by atoms with Gasteiger partial charge in [-0.25, -0.2) is 0 Å². The summed E-state index contributed by atoms with van der Waals surface area (Å²) in [4.78, 5) is 0. The Balaban J connectivity index is -0.000000478. The van der Waals surface area contributed by atoms with Gasteiger partial charge in [0.15, 0.2) is 0 Å². The summed E-state index contributed by atoms with van der Waals surface area (Å²) in [6, 6.07) is 0. The van der Waals surface area contributed by atoms with E-state index in [-0.39, 0.29) is 0 Å². The van der Waals surface area contributed by atoms with Gasteiger partial charge in [0, 0.05) is 28.2 Å². The Hall–Kier alpha value is -1.50. The predicted octanol–water partition coefficient (Wildman–Crippen LogP) is 3.47. The summed E-state index contributed by atoms with van der Waals surface area (Å²) in [7, 11) is 2.09. The monoisotopic (exact) mass is 291 g/mol. The maximum absolute atomic E-state index is 3.76. The SMILES string of the molecule is C=C\C=c1c(=C\C)/c(=C/C)c(=C\C)/n/1C.CC.CC.CC. The summed E-state index contributed by atoms with van der Waals surface area (Å²) in [6.45, 7) is 22.0. The average molecular weight is 292 g/mol. The summed E-state index contributed by atoms with van der Waals surface area (Å²) in [5.41, 5.74) is 0. The van der Waals surface area contributed by atoms with Crippen molar-refractivity contribution in [3.05, 3.63) is 33.8 Å². The Kier molecular flexibility index (Phi) is 19.3. The zero-order valence-corrected chi connectivity index (χ0v) is 16.0. The van der Waals surface area contributed by atoms with Gasteiger partial charge in [0.2, 0.25) is 0 Å². The molecule has 0 fully saturated rings. The molecule has 0 amide bonds. The molecule has 21 heavy (non-hydrogen) atoms. The van der Waals surface area contributed by atoms with Crippen molar-refractivity contribution in [3.63, 3.8) is 0 Å². The van der Waals surface area contributed by atoms with Gasteiger partial charge in [0.05, 0.1) is 0 Å². The molecule has 1 rings (SSSR count). The lowest BCUT2D eigenvalue weighted by atomic mass is 10.3. The molecular formula is C20H37N. The zero-order valence-electron chi connectivity index (χ0n) is 16.0. The van der Waals surface area contributed by atoms with Crippen LogP contribution in [0.3, 0.4) is 0 Å². The second-order valence-electron chi connectivity index (χ2n) is 3.43. The molecule has 0 aliphatic carbocycles. The molecule has 1 nitrogen and oxygen atoms in total. The van der Waals surface area contributed by atoms with Crippen LogP contribution in [0.15, 0.2) is 12.7 Å². The van der Waals surface area contributed by atoms with Crippen LogP contribution >= 0.6 is 0 Å². The standard InChI is InChI=1S/C14H19N.3C2H6/c1-6-10-14-12(8-3)11(7-2)13(9-4)15(14)5;3*1-2/h6-10H,1H2,2-5H3;3*1-2H3/b11-7-,12-8-,13-9+,14-10+;;;. The Morgan fingerprint density at radius 2 is 1.10 bits per heavy atom. The van der Waals surface area contributed by atoms with Crippen LogP contribution in [0.2, 0.25) is 0 Å². The lowest BCUT2D eigenvalue weighted by Crippen LogP contribution is -2.36. The van der Waals surface area contributed by atoms with Gasteiger partial charge >= 0.3 is 0 Å². The van der Waals surface area contributed by atoms with E-state index < -0.39 is 0 Å². The number of rotatable bonds is 1. The topological polar surface area (TPSA) is 4.93 Å². The number of nitrogens with zero attached hydrogens (tertiary/aromatic N) is 1. The predicted molar refractivity (Wildman–Crippen MR) is 103 cm³/mol. The molecule has 0 radical (unpaired) electrons. The molecule has 0 aromatic carbocycles. The molecule has 0 aliphatic heterocycles. The van der Waals surface area contributed by atoms with Crippen LogP contribution in [0.25, 0.3) is 24.3 Å². The number of hydrogen-bond acceptors (Lipinski definition) is 0. The van der Waals surface area contributed by atoms with E-state index >= 15 is 0 Å². The largest absolute Gasteiger partial charge is 0.344 e. The summed E-state index contributed by atoms with van der Waals surface area (Å²) < 4.78 is 2.20. The van der Waals surface area contributed by atoms with E-state index in [1.165, 1.54) is 21.1 Å². The van der Waals surface area contributed by atoms with Crippen LogP contribution < -0.4 is 21.1 Å². The molecule has 1 aromatic rings. The smallest absolute Gasteiger partial charge is 0.0484 e. The van der Waals surface area contributed by atoms with Gasteiger partial charge in [-0.2, -0.15) is 0 Å². The van der Waals surface area contributed by atoms with E-state index in [1.807, 2.05) is 47.6 Å². The number of allylic oxidation sites excluding steroid dienone is 1. The second-order valence-corrected chi connectivity index (χ2v) is 3.43. The zero-order chi connectivity index (χ0) is 17.4. The molecule has 0 saturated carbocycles. The van der Waals surface area contributed by atoms with Crippen LogP contribution in [-0.4, -0.2) is 4.57 Å². The molecule has 1 heterocycles. The third-order valence-corrected chi connectivity index (χ3v) is 2.69. The van der Waals surface area contributed by atoms with Crippen LogP contribution in [0, 0.1) is 0 Å². The van der Waals surface area contributed by atoms with E-state index in [0.29, 0.717) is 0 Å². The van der Waals surface area contributed by atoms with Gasteiger partial charge in [-0.05, 0) is 26.8 Å². The first-order valence-electron chi connectivity index (χ1n) is 8.27. The summed E-state index contributed by atoms with van der Waals surface area (Å²) in [6.07, 6.45) is 10.3. The molecule has 1 aromatic heterocycles. The third-order valence-electron chi connectivity index (χ3n) is 2.69. The van der Waals surface area contributed by atoms with Crippen LogP contribution in [0.1, 0.15) is 62.3 Å². The fourth-order valence-corrected chi connectivity index (χ4v) is 2.04. The molecule has 122 valence electrons. The molecular weight excluding hydrogens is 254 g/mol. The summed E-state index contributed by atoms with van der Waals surface area (Å²) in [5, 5.41) is 5.07. The minimum atomic E-state index is 1.22. The van der Waals surface area contributed by atoms with Crippen molar-refractivity contribution in [2.45, 2.75) is 62.3 Å². The minimum absolute atomic E-state index is 1.22. The van der Waals surface area contributed by atoms with E-state index in [2.05, 4.69) is 63.3 Å². The normalized spacial score (nSPS) is 12.7. The van der Waals surface area contributed by atoms with Crippen LogP contribution in [0.5, 0.6) is 0 Å². The Bertz CT molecular complexity index is 583. The van der Waals surface area contributed by atoms with E-state index in [4.69, 9.17) is 0 Å². The second kappa shape index (κ2) is 16.6. The summed E-state index contributed by atoms with van der Waals surface area (Å²) >= 11 is 0. The number of aromatic nitrogens is 1. The molecule has 0 saturated heterocycles. The highest BCUT2D eigenvalue weighted by molar-refractivity contribution is 5.40. The molecule has 0 bridgehead atoms. The first-order valence-corrected chi connectivity index (χ1v) is 8.27. The fraction of sp³-hybridized carbons (Fsp3) is 0.500. The highest BCUT2D eigenvalue weighted by atomic mass is 14.9. The van der Waals surface area contributed by atoms with Crippen molar-refractivity contribution in [3.8, 4) is 0 Å². The van der Waals surface area contributed by atoms with Crippen LogP contribution in [0.4, 0.5) is 0 Å². The highest BCUT2D eigenvalue weighted by Crippen LogP contribution is 1.66. The van der Waals surface area contributed by atoms with Crippen molar-refractivity contribution in [2.24, 2.45) is 7.05 Å². The van der Waals surface area contributed by atoms with E-state index in [0.717, 1.165) is 0 Å². The average Bonchev–Trinajstić information content (AvgIpc) is 2.84. The lowest BCUT2D eigenvalue weighted by molar-refractivity contribution is 0.854. The molecule has 0 atom stereocenters. The molecule has 0 spiro atoms. The Morgan fingerprint density at radius 1 is 0.714 bits per heavy atom.